The van der Waals surface area contributed by atoms with E-state index in [1.54, 1.807) is 4.90 Å². The van der Waals surface area contributed by atoms with Crippen molar-refractivity contribution < 1.29 is 9.59 Å². The number of nitrogens with zero attached hydrogens (tertiary/aromatic N) is 1. The van der Waals surface area contributed by atoms with Crippen molar-refractivity contribution in [1.82, 2.24) is 9.88 Å². The number of nitrogens with one attached hydrogen (secondary N) is 2. The van der Waals surface area contributed by atoms with Crippen molar-refractivity contribution in [2.45, 2.75) is 32.7 Å². The summed E-state index contributed by atoms with van der Waals surface area (Å²) in [5, 5.41) is 4.03. The summed E-state index contributed by atoms with van der Waals surface area (Å²) in [6.07, 6.45) is 0. The standard InChI is InChI=1S/C28H27N3O2/c1-17(2)19-12-14-20(15-13-19)30-25(32)16-31-27(21-8-4-5-9-22(21)28(31)33)26-18(3)29-24-11-7-6-10-23(24)26/h4-15,17,27,29H,16H2,1-3H3,(H,30,32)/t27-/m0/s1. The minimum atomic E-state index is -0.320. The zero-order chi connectivity index (χ0) is 23.1. The fourth-order valence-electron chi connectivity index (χ4n) is 4.80. The normalized spacial score (nSPS) is 15.3. The maximum Gasteiger partial charge on any atom is 0.255 e. The van der Waals surface area contributed by atoms with Crippen LogP contribution in [0.1, 0.15) is 58.5 Å². The monoisotopic (exact) mass is 437 g/mol. The molecule has 5 rings (SSSR count). The molecule has 33 heavy (non-hydrogen) atoms. The molecule has 4 aromatic rings. The van der Waals surface area contributed by atoms with Crippen LogP contribution in [0.4, 0.5) is 5.69 Å². The number of anilines is 1. The fourth-order valence-corrected chi connectivity index (χ4v) is 4.80. The van der Waals surface area contributed by atoms with Gasteiger partial charge in [0.25, 0.3) is 5.91 Å². The second kappa shape index (κ2) is 8.24. The highest BCUT2D eigenvalue weighted by Gasteiger charge is 2.40. The summed E-state index contributed by atoms with van der Waals surface area (Å²) >= 11 is 0. The van der Waals surface area contributed by atoms with Gasteiger partial charge in [-0.2, -0.15) is 0 Å². The third-order valence-corrected chi connectivity index (χ3v) is 6.45. The lowest BCUT2D eigenvalue weighted by molar-refractivity contribution is -0.117. The Morgan fingerprint density at radius 1 is 1.00 bits per heavy atom. The van der Waals surface area contributed by atoms with E-state index < -0.39 is 0 Å². The summed E-state index contributed by atoms with van der Waals surface area (Å²) in [5.41, 5.74) is 6.60. The van der Waals surface area contributed by atoms with E-state index in [0.29, 0.717) is 11.5 Å². The maximum absolute atomic E-state index is 13.4. The van der Waals surface area contributed by atoms with Gasteiger partial charge in [-0.25, -0.2) is 0 Å². The lowest BCUT2D eigenvalue weighted by Gasteiger charge is -2.26. The number of aromatic amines is 1. The molecule has 0 saturated carbocycles. The van der Waals surface area contributed by atoms with Crippen LogP contribution in [-0.4, -0.2) is 28.2 Å². The largest absolute Gasteiger partial charge is 0.358 e. The highest BCUT2D eigenvalue weighted by molar-refractivity contribution is 6.04. The molecule has 0 radical (unpaired) electrons. The van der Waals surface area contributed by atoms with Crippen molar-refractivity contribution >= 4 is 28.4 Å². The lowest BCUT2D eigenvalue weighted by Crippen LogP contribution is -2.36. The Labute approximate surface area is 193 Å². The van der Waals surface area contributed by atoms with Crippen molar-refractivity contribution in [2.24, 2.45) is 0 Å². The second-order valence-electron chi connectivity index (χ2n) is 8.96. The smallest absolute Gasteiger partial charge is 0.255 e. The number of fused-ring (bicyclic) bond motifs is 2. The van der Waals surface area contributed by atoms with Crippen LogP contribution in [0.3, 0.4) is 0 Å². The van der Waals surface area contributed by atoms with Crippen LogP contribution in [0, 0.1) is 6.92 Å². The van der Waals surface area contributed by atoms with Gasteiger partial charge in [0.15, 0.2) is 0 Å². The number of rotatable bonds is 5. The van der Waals surface area contributed by atoms with Crippen LogP contribution in [0.15, 0.2) is 72.8 Å². The summed E-state index contributed by atoms with van der Waals surface area (Å²) in [6, 6.07) is 23.3. The molecule has 0 bridgehead atoms. The summed E-state index contributed by atoms with van der Waals surface area (Å²) in [5.74, 6) is 0.0946. The number of H-pyrrole nitrogens is 1. The highest BCUT2D eigenvalue weighted by Crippen LogP contribution is 2.42. The Balaban J connectivity index is 1.48. The minimum absolute atomic E-state index is 0.0247. The van der Waals surface area contributed by atoms with Crippen LogP contribution in [0.25, 0.3) is 10.9 Å². The molecule has 0 spiro atoms. The van der Waals surface area contributed by atoms with Gasteiger partial charge in [-0.1, -0.05) is 62.4 Å². The third kappa shape index (κ3) is 3.69. The van der Waals surface area contributed by atoms with Crippen molar-refractivity contribution in [3.8, 4) is 0 Å². The Kier molecular flexibility index (Phi) is 5.25. The molecule has 5 heteroatoms. The lowest BCUT2D eigenvalue weighted by atomic mass is 9.95. The molecule has 5 nitrogen and oxygen atoms in total. The molecule has 3 aromatic carbocycles. The fraction of sp³-hybridized carbons (Fsp3) is 0.214. The molecule has 2 amide bonds. The predicted octanol–water partition coefficient (Wildman–Crippen LogP) is 5.78. The van der Waals surface area contributed by atoms with Gasteiger partial charge in [0.1, 0.15) is 6.54 Å². The first-order chi connectivity index (χ1) is 15.9. The number of benzene rings is 3. The zero-order valence-corrected chi connectivity index (χ0v) is 19.1. The van der Waals surface area contributed by atoms with Gasteiger partial charge < -0.3 is 15.2 Å². The molecule has 0 unspecified atom stereocenters. The number of amides is 2. The number of aryl methyl sites for hydroxylation is 1. The summed E-state index contributed by atoms with van der Waals surface area (Å²) in [6.45, 7) is 6.27. The topological polar surface area (TPSA) is 65.2 Å². The molecule has 0 aliphatic carbocycles. The van der Waals surface area contributed by atoms with E-state index in [1.165, 1.54) is 5.56 Å². The van der Waals surface area contributed by atoms with Crippen molar-refractivity contribution in [2.75, 3.05) is 11.9 Å². The number of hydrogen-bond acceptors (Lipinski definition) is 2. The van der Waals surface area contributed by atoms with E-state index in [1.807, 2.05) is 73.7 Å². The number of hydrogen-bond donors (Lipinski definition) is 2. The van der Waals surface area contributed by atoms with Gasteiger partial charge in [-0.05, 0) is 48.2 Å². The summed E-state index contributed by atoms with van der Waals surface area (Å²) in [7, 11) is 0. The molecular weight excluding hydrogens is 410 g/mol. The second-order valence-corrected chi connectivity index (χ2v) is 8.96. The number of aromatic nitrogens is 1. The van der Waals surface area contributed by atoms with Gasteiger partial charge >= 0.3 is 0 Å². The van der Waals surface area contributed by atoms with Crippen LogP contribution in [0.2, 0.25) is 0 Å². The highest BCUT2D eigenvalue weighted by atomic mass is 16.2. The first-order valence-electron chi connectivity index (χ1n) is 11.3. The van der Waals surface area contributed by atoms with E-state index in [9.17, 15) is 9.59 Å². The molecule has 2 heterocycles. The molecule has 0 fully saturated rings. The third-order valence-electron chi connectivity index (χ3n) is 6.45. The molecule has 1 atom stereocenters. The summed E-state index contributed by atoms with van der Waals surface area (Å²) in [4.78, 5) is 31.6. The zero-order valence-electron chi connectivity index (χ0n) is 19.1. The number of para-hydroxylation sites is 1. The first-order valence-corrected chi connectivity index (χ1v) is 11.3. The van der Waals surface area contributed by atoms with E-state index in [0.717, 1.165) is 33.4 Å². The van der Waals surface area contributed by atoms with Gasteiger partial charge in [-0.3, -0.25) is 9.59 Å². The SMILES string of the molecule is Cc1[nH]c2ccccc2c1[C@@H]1c2ccccc2C(=O)N1CC(=O)Nc1ccc(C(C)C)cc1. The predicted molar refractivity (Wildman–Crippen MR) is 132 cm³/mol. The van der Waals surface area contributed by atoms with Gasteiger partial charge in [-0.15, -0.1) is 0 Å². The maximum atomic E-state index is 13.4. The Morgan fingerprint density at radius 3 is 2.45 bits per heavy atom. The molecular formula is C28H27N3O2. The molecule has 1 aliphatic heterocycles. The molecule has 2 N–H and O–H groups in total. The molecule has 0 saturated heterocycles. The Hall–Kier alpha value is -3.86. The minimum Gasteiger partial charge on any atom is -0.358 e. The van der Waals surface area contributed by atoms with Crippen molar-refractivity contribution in [3.05, 3.63) is 101 Å². The van der Waals surface area contributed by atoms with Gasteiger partial charge in [0.2, 0.25) is 5.91 Å². The quantitative estimate of drug-likeness (QED) is 0.415. The van der Waals surface area contributed by atoms with E-state index in [4.69, 9.17) is 0 Å². The molecule has 1 aromatic heterocycles. The first kappa shape index (κ1) is 21.0. The van der Waals surface area contributed by atoms with E-state index >= 15 is 0 Å². The number of carbonyl (C=O) groups excluding carboxylic acids is 2. The van der Waals surface area contributed by atoms with Gasteiger partial charge in [0.05, 0.1) is 6.04 Å². The van der Waals surface area contributed by atoms with E-state index in [2.05, 4.69) is 30.2 Å². The average molecular weight is 438 g/mol. The van der Waals surface area contributed by atoms with E-state index in [-0.39, 0.29) is 24.4 Å². The Morgan fingerprint density at radius 2 is 1.70 bits per heavy atom. The summed E-state index contributed by atoms with van der Waals surface area (Å²) < 4.78 is 0. The van der Waals surface area contributed by atoms with Crippen LogP contribution in [-0.2, 0) is 4.79 Å². The van der Waals surface area contributed by atoms with Crippen LogP contribution >= 0.6 is 0 Å². The van der Waals surface area contributed by atoms with Crippen molar-refractivity contribution in [3.63, 3.8) is 0 Å². The van der Waals surface area contributed by atoms with Crippen LogP contribution < -0.4 is 5.32 Å². The Bertz CT molecular complexity index is 1350. The van der Waals surface area contributed by atoms with Crippen LogP contribution in [0.5, 0.6) is 0 Å². The van der Waals surface area contributed by atoms with Crippen molar-refractivity contribution in [1.29, 1.82) is 0 Å². The molecule has 166 valence electrons. The number of carbonyl (C=O) groups is 2. The van der Waals surface area contributed by atoms with Gasteiger partial charge in [0, 0.05) is 33.4 Å². The molecule has 1 aliphatic rings. The average Bonchev–Trinajstić information content (AvgIpc) is 3.27.